The third-order valence-electron chi connectivity index (χ3n) is 1.71. The van der Waals surface area contributed by atoms with Crippen LogP contribution in [0.4, 0.5) is 5.00 Å². The summed E-state index contributed by atoms with van der Waals surface area (Å²) in [7, 11) is -3.52. The van der Waals surface area contributed by atoms with Crippen molar-refractivity contribution in [3.8, 4) is 0 Å². The minimum atomic E-state index is -3.52. The number of rotatable bonds is 6. The van der Waals surface area contributed by atoms with Crippen molar-refractivity contribution in [1.82, 2.24) is 4.98 Å². The summed E-state index contributed by atoms with van der Waals surface area (Å²) in [6.07, 6.45) is 0. The van der Waals surface area contributed by atoms with Gasteiger partial charge in [-0.25, -0.2) is 23.3 Å². The van der Waals surface area contributed by atoms with Crippen LogP contribution >= 0.6 is 11.3 Å². The number of carbonyl (C=O) groups is 1. The third kappa shape index (κ3) is 4.67. The average Bonchev–Trinajstić information content (AvgIpc) is 2.64. The number of hydrogen-bond donors (Lipinski definition) is 2. The van der Waals surface area contributed by atoms with Gasteiger partial charge in [0, 0.05) is 6.54 Å². The van der Waals surface area contributed by atoms with Crippen LogP contribution in [-0.2, 0) is 14.8 Å². The lowest BCUT2D eigenvalue weighted by Crippen LogP contribution is -2.22. The molecule has 0 aliphatic carbocycles. The molecule has 0 unspecified atom stereocenters. The van der Waals surface area contributed by atoms with Crippen LogP contribution in [0.5, 0.6) is 0 Å². The average molecular weight is 279 g/mol. The Morgan fingerprint density at radius 3 is 2.94 bits per heavy atom. The van der Waals surface area contributed by atoms with E-state index in [1.54, 1.807) is 6.92 Å². The highest BCUT2D eigenvalue weighted by Gasteiger charge is 2.16. The molecule has 1 aromatic heterocycles. The van der Waals surface area contributed by atoms with Crippen molar-refractivity contribution in [2.75, 3.05) is 24.2 Å². The van der Waals surface area contributed by atoms with Crippen LogP contribution in [0.25, 0.3) is 0 Å². The molecule has 0 aliphatic heterocycles. The lowest BCUT2D eigenvalue weighted by molar-refractivity contribution is 0.0521. The zero-order valence-corrected chi connectivity index (χ0v) is 10.8. The Labute approximate surface area is 103 Å². The number of sulfonamides is 1. The van der Waals surface area contributed by atoms with Crippen molar-refractivity contribution in [2.24, 2.45) is 5.14 Å². The summed E-state index contributed by atoms with van der Waals surface area (Å²) >= 11 is 1.20. The summed E-state index contributed by atoms with van der Waals surface area (Å²) in [6.45, 7) is 2.07. The number of esters is 1. The van der Waals surface area contributed by atoms with E-state index in [9.17, 15) is 13.2 Å². The lowest BCUT2D eigenvalue weighted by atomic mass is 10.4. The molecule has 9 heteroatoms. The van der Waals surface area contributed by atoms with E-state index < -0.39 is 16.0 Å². The monoisotopic (exact) mass is 279 g/mol. The van der Waals surface area contributed by atoms with Crippen molar-refractivity contribution >= 4 is 32.3 Å². The van der Waals surface area contributed by atoms with Gasteiger partial charge in [-0.2, -0.15) is 0 Å². The van der Waals surface area contributed by atoms with Gasteiger partial charge in [-0.05, 0) is 6.92 Å². The first-order chi connectivity index (χ1) is 7.94. The fourth-order valence-corrected chi connectivity index (χ4v) is 2.11. The van der Waals surface area contributed by atoms with Gasteiger partial charge in [0.05, 0.1) is 17.9 Å². The van der Waals surface area contributed by atoms with Crippen LogP contribution in [0, 0.1) is 0 Å². The Bertz CT molecular complexity index is 483. The van der Waals surface area contributed by atoms with E-state index in [0.717, 1.165) is 0 Å². The van der Waals surface area contributed by atoms with Crippen molar-refractivity contribution < 1.29 is 17.9 Å². The maximum Gasteiger partial charge on any atom is 0.360 e. The van der Waals surface area contributed by atoms with Crippen LogP contribution in [0.2, 0.25) is 0 Å². The molecule has 0 saturated heterocycles. The van der Waals surface area contributed by atoms with Crippen LogP contribution in [0.3, 0.4) is 0 Å². The van der Waals surface area contributed by atoms with E-state index in [1.165, 1.54) is 16.8 Å². The van der Waals surface area contributed by atoms with Gasteiger partial charge in [0.15, 0.2) is 5.69 Å². The molecule has 1 aromatic rings. The molecule has 0 aliphatic rings. The topological polar surface area (TPSA) is 111 Å². The summed E-state index contributed by atoms with van der Waals surface area (Å²) in [5, 5.41) is 8.11. The summed E-state index contributed by atoms with van der Waals surface area (Å²) in [6, 6.07) is 0. The van der Waals surface area contributed by atoms with E-state index >= 15 is 0 Å². The third-order valence-corrected chi connectivity index (χ3v) is 3.27. The smallest absolute Gasteiger partial charge is 0.360 e. The first-order valence-corrected chi connectivity index (χ1v) is 7.38. The van der Waals surface area contributed by atoms with Crippen LogP contribution in [0.15, 0.2) is 5.51 Å². The molecule has 0 aromatic carbocycles. The second-order valence-electron chi connectivity index (χ2n) is 3.04. The molecule has 0 atom stereocenters. The highest BCUT2D eigenvalue weighted by molar-refractivity contribution is 7.89. The number of nitrogens with zero attached hydrogens (tertiary/aromatic N) is 1. The zero-order valence-electron chi connectivity index (χ0n) is 9.17. The highest BCUT2D eigenvalue weighted by Crippen LogP contribution is 2.20. The van der Waals surface area contributed by atoms with Gasteiger partial charge in [-0.1, -0.05) is 0 Å². The molecule has 0 radical (unpaired) electrons. The second kappa shape index (κ2) is 5.94. The Balaban J connectivity index is 2.60. The Morgan fingerprint density at radius 2 is 2.35 bits per heavy atom. The van der Waals surface area contributed by atoms with Crippen LogP contribution in [0.1, 0.15) is 17.4 Å². The molecule has 1 heterocycles. The van der Waals surface area contributed by atoms with Gasteiger partial charge in [0.1, 0.15) is 5.00 Å². The number of hydrogen-bond acceptors (Lipinski definition) is 7. The van der Waals surface area contributed by atoms with Crippen molar-refractivity contribution in [3.05, 3.63) is 11.2 Å². The van der Waals surface area contributed by atoms with Crippen molar-refractivity contribution in [1.29, 1.82) is 0 Å². The molecular weight excluding hydrogens is 266 g/mol. The maximum atomic E-state index is 11.4. The van der Waals surface area contributed by atoms with Crippen molar-refractivity contribution in [3.63, 3.8) is 0 Å². The first kappa shape index (κ1) is 13.9. The number of carbonyl (C=O) groups excluding carboxylic acids is 1. The van der Waals surface area contributed by atoms with E-state index in [0.29, 0.717) is 5.00 Å². The Kier molecular flexibility index (Phi) is 4.85. The molecule has 7 nitrogen and oxygen atoms in total. The minimum Gasteiger partial charge on any atom is -0.461 e. The maximum absolute atomic E-state index is 11.4. The first-order valence-electron chi connectivity index (χ1n) is 4.79. The number of primary sulfonamides is 1. The molecule has 0 saturated carbocycles. The molecular formula is C8H13N3O4S2. The predicted octanol–water partition coefficient (Wildman–Crippen LogP) is 0.0202. The summed E-state index contributed by atoms with van der Waals surface area (Å²) in [4.78, 5) is 15.3. The standard InChI is InChI=1S/C8H13N3O4S2/c1-2-15-8(12)6-7(16-5-11-6)10-3-4-17(9,13)14/h5,10H,2-4H2,1H3,(H2,9,13,14). The van der Waals surface area contributed by atoms with E-state index in [-0.39, 0.29) is 24.6 Å². The largest absolute Gasteiger partial charge is 0.461 e. The lowest BCUT2D eigenvalue weighted by Gasteiger charge is -2.04. The van der Waals surface area contributed by atoms with Gasteiger partial charge in [-0.15, -0.1) is 11.3 Å². The van der Waals surface area contributed by atoms with E-state index in [4.69, 9.17) is 9.88 Å². The fraction of sp³-hybridized carbons (Fsp3) is 0.500. The van der Waals surface area contributed by atoms with Gasteiger partial charge in [0.25, 0.3) is 0 Å². The van der Waals surface area contributed by atoms with Crippen LogP contribution in [-0.4, -0.2) is 38.3 Å². The molecule has 17 heavy (non-hydrogen) atoms. The van der Waals surface area contributed by atoms with E-state index in [2.05, 4.69) is 10.3 Å². The number of nitrogens with two attached hydrogens (primary N) is 1. The SMILES string of the molecule is CCOC(=O)c1ncsc1NCCS(N)(=O)=O. The molecule has 0 bridgehead atoms. The molecule has 1 rings (SSSR count). The second-order valence-corrected chi connectivity index (χ2v) is 5.63. The Hall–Kier alpha value is -1.19. The minimum absolute atomic E-state index is 0.118. The Morgan fingerprint density at radius 1 is 1.65 bits per heavy atom. The summed E-state index contributed by atoms with van der Waals surface area (Å²) in [5.74, 6) is -0.750. The number of ether oxygens (including phenoxy) is 1. The van der Waals surface area contributed by atoms with Crippen LogP contribution < -0.4 is 10.5 Å². The predicted molar refractivity (Wildman–Crippen MR) is 64.5 cm³/mol. The summed E-state index contributed by atoms with van der Waals surface area (Å²) < 4.78 is 26.2. The number of aromatic nitrogens is 1. The normalized spacial score (nSPS) is 11.2. The van der Waals surface area contributed by atoms with Gasteiger partial charge in [0.2, 0.25) is 10.0 Å². The molecule has 96 valence electrons. The quantitative estimate of drug-likeness (QED) is 0.710. The highest BCUT2D eigenvalue weighted by atomic mass is 32.2. The van der Waals surface area contributed by atoms with Gasteiger partial charge < -0.3 is 10.1 Å². The fourth-order valence-electron chi connectivity index (χ4n) is 1.02. The number of thiazole rings is 1. The number of nitrogens with one attached hydrogen (secondary N) is 1. The van der Waals surface area contributed by atoms with E-state index in [1.807, 2.05) is 0 Å². The van der Waals surface area contributed by atoms with Gasteiger partial charge >= 0.3 is 5.97 Å². The van der Waals surface area contributed by atoms with Gasteiger partial charge in [-0.3, -0.25) is 0 Å². The number of anilines is 1. The zero-order chi connectivity index (χ0) is 12.9. The summed E-state index contributed by atoms with van der Waals surface area (Å²) in [5.41, 5.74) is 1.64. The van der Waals surface area contributed by atoms with Crippen molar-refractivity contribution in [2.45, 2.75) is 6.92 Å². The molecule has 0 spiro atoms. The molecule has 0 fully saturated rings. The molecule has 3 N–H and O–H groups in total. The molecule has 0 amide bonds.